The third-order valence-corrected chi connectivity index (χ3v) is 5.46. The molecule has 1 amide bonds. The van der Waals surface area contributed by atoms with E-state index < -0.39 is 10.9 Å². The van der Waals surface area contributed by atoms with Gasteiger partial charge in [-0.3, -0.25) is 14.9 Å². The van der Waals surface area contributed by atoms with Crippen LogP contribution in [0.4, 0.5) is 5.69 Å². The lowest BCUT2D eigenvalue weighted by Crippen LogP contribution is -2.21. The van der Waals surface area contributed by atoms with Crippen LogP contribution in [0.1, 0.15) is 33.2 Å². The lowest BCUT2D eigenvalue weighted by molar-refractivity contribution is -0.385. The van der Waals surface area contributed by atoms with Crippen molar-refractivity contribution >= 4 is 23.3 Å². The Balaban J connectivity index is 1.52. The maximum absolute atomic E-state index is 12.8. The van der Waals surface area contributed by atoms with Crippen LogP contribution in [0.3, 0.4) is 0 Å². The van der Waals surface area contributed by atoms with E-state index >= 15 is 0 Å². The number of hydrogen-bond donors (Lipinski definition) is 1. The summed E-state index contributed by atoms with van der Waals surface area (Å²) in [5, 5.41) is 15.4. The van der Waals surface area contributed by atoms with Gasteiger partial charge in [0.2, 0.25) is 0 Å². The first-order valence-electron chi connectivity index (χ1n) is 11.1. The summed E-state index contributed by atoms with van der Waals surface area (Å²) in [6.45, 7) is 1.70. The third-order valence-electron chi connectivity index (χ3n) is 5.46. The average Bonchev–Trinajstić information content (AvgIpc) is 3.46. The Morgan fingerprint density at radius 3 is 2.30 bits per heavy atom. The Morgan fingerprint density at radius 2 is 1.59 bits per heavy atom. The zero-order valence-corrected chi connectivity index (χ0v) is 20.0. The fourth-order valence-corrected chi connectivity index (χ4v) is 3.58. The predicted octanol–water partition coefficient (Wildman–Crippen LogP) is 4.77. The highest BCUT2D eigenvalue weighted by molar-refractivity contribution is 6.02. The Morgan fingerprint density at radius 1 is 0.919 bits per heavy atom. The number of esters is 1. The molecule has 10 heteroatoms. The molecule has 0 spiro atoms. The monoisotopic (exact) mass is 498 g/mol. The standard InChI is InChI=1S/C27H22N4O6/c1-18(28-29-26(32)20-9-3-5-11-22(20)30-15-7-8-16-30)19-13-14-24(25(17-19)36-2)37-27(33)21-10-4-6-12-23(21)31(34)35/h3-17H,1-2H3,(H,29,32)/b28-18+. The molecule has 0 atom stereocenters. The number of para-hydroxylation sites is 2. The van der Waals surface area contributed by atoms with E-state index in [0.29, 0.717) is 22.5 Å². The second kappa shape index (κ2) is 11.0. The molecule has 0 aliphatic heterocycles. The van der Waals surface area contributed by atoms with Gasteiger partial charge in [0, 0.05) is 24.0 Å². The minimum absolute atomic E-state index is 0.0758. The van der Waals surface area contributed by atoms with Gasteiger partial charge in [0.05, 0.1) is 29.0 Å². The molecule has 4 aromatic rings. The Bertz CT molecular complexity index is 1490. The molecular weight excluding hydrogens is 476 g/mol. The molecule has 186 valence electrons. The van der Waals surface area contributed by atoms with Crippen LogP contribution in [-0.2, 0) is 0 Å². The molecule has 1 N–H and O–H groups in total. The van der Waals surface area contributed by atoms with E-state index in [0.717, 1.165) is 0 Å². The van der Waals surface area contributed by atoms with E-state index in [2.05, 4.69) is 10.5 Å². The maximum atomic E-state index is 12.8. The number of nitrogens with zero attached hydrogens (tertiary/aromatic N) is 3. The molecule has 0 saturated carbocycles. The molecule has 0 aliphatic rings. The van der Waals surface area contributed by atoms with Crippen molar-refractivity contribution < 1.29 is 24.0 Å². The van der Waals surface area contributed by atoms with Crippen LogP contribution in [0.15, 0.2) is 96.4 Å². The van der Waals surface area contributed by atoms with E-state index in [9.17, 15) is 19.7 Å². The van der Waals surface area contributed by atoms with Gasteiger partial charge in [-0.25, -0.2) is 10.2 Å². The summed E-state index contributed by atoms with van der Waals surface area (Å²) in [4.78, 5) is 36.0. The van der Waals surface area contributed by atoms with Crippen LogP contribution >= 0.6 is 0 Å². The molecule has 0 unspecified atom stereocenters. The van der Waals surface area contributed by atoms with E-state index in [1.54, 1.807) is 31.2 Å². The summed E-state index contributed by atoms with van der Waals surface area (Å²) < 4.78 is 12.6. The van der Waals surface area contributed by atoms with Crippen molar-refractivity contribution in [1.29, 1.82) is 0 Å². The van der Waals surface area contributed by atoms with Crippen molar-refractivity contribution in [3.8, 4) is 17.2 Å². The molecule has 1 aromatic heterocycles. The molecule has 0 saturated heterocycles. The SMILES string of the molecule is COc1cc(/C(C)=N/NC(=O)c2ccccc2-n2cccc2)ccc1OC(=O)c1ccccc1[N+](=O)[O-]. The number of carbonyl (C=O) groups is 2. The number of carbonyl (C=O) groups excluding carboxylic acids is 2. The number of nitro benzene ring substituents is 1. The number of ether oxygens (including phenoxy) is 2. The van der Waals surface area contributed by atoms with Crippen LogP contribution in [0.5, 0.6) is 11.5 Å². The van der Waals surface area contributed by atoms with Crippen molar-refractivity contribution in [2.75, 3.05) is 7.11 Å². The largest absolute Gasteiger partial charge is 0.493 e. The van der Waals surface area contributed by atoms with Crippen LogP contribution < -0.4 is 14.9 Å². The van der Waals surface area contributed by atoms with Crippen LogP contribution in [0.2, 0.25) is 0 Å². The number of benzene rings is 3. The Kier molecular flexibility index (Phi) is 7.39. The second-order valence-electron chi connectivity index (χ2n) is 7.78. The number of hydrazone groups is 1. The van der Waals surface area contributed by atoms with Crippen LogP contribution in [0, 0.1) is 10.1 Å². The molecule has 0 fully saturated rings. The normalized spacial score (nSPS) is 11.0. The highest BCUT2D eigenvalue weighted by Crippen LogP contribution is 2.30. The van der Waals surface area contributed by atoms with Gasteiger partial charge in [-0.1, -0.05) is 24.3 Å². The highest BCUT2D eigenvalue weighted by atomic mass is 16.6. The molecule has 10 nitrogen and oxygen atoms in total. The smallest absolute Gasteiger partial charge is 0.350 e. The second-order valence-corrected chi connectivity index (χ2v) is 7.78. The molecule has 0 radical (unpaired) electrons. The van der Waals surface area contributed by atoms with E-state index in [-0.39, 0.29) is 28.7 Å². The maximum Gasteiger partial charge on any atom is 0.350 e. The van der Waals surface area contributed by atoms with Crippen LogP contribution in [-0.4, -0.2) is 34.2 Å². The Labute approximate surface area is 211 Å². The van der Waals surface area contributed by atoms with Gasteiger partial charge in [0.1, 0.15) is 5.56 Å². The minimum atomic E-state index is -0.891. The zero-order valence-electron chi connectivity index (χ0n) is 20.0. The number of methoxy groups -OCH3 is 1. The van der Waals surface area contributed by atoms with Gasteiger partial charge in [-0.05, 0) is 55.5 Å². The van der Waals surface area contributed by atoms with Crippen molar-refractivity contribution in [3.63, 3.8) is 0 Å². The molecule has 0 aliphatic carbocycles. The number of nitro groups is 1. The Hall–Kier alpha value is -5.25. The van der Waals surface area contributed by atoms with E-state index in [1.807, 2.05) is 41.2 Å². The first kappa shape index (κ1) is 24.9. The first-order valence-corrected chi connectivity index (χ1v) is 11.1. The fourth-order valence-electron chi connectivity index (χ4n) is 3.58. The number of rotatable bonds is 8. The van der Waals surface area contributed by atoms with Gasteiger partial charge in [-0.2, -0.15) is 5.10 Å². The predicted molar refractivity (Wildman–Crippen MR) is 136 cm³/mol. The molecule has 3 aromatic carbocycles. The van der Waals surface area contributed by atoms with Crippen LogP contribution in [0.25, 0.3) is 5.69 Å². The highest BCUT2D eigenvalue weighted by Gasteiger charge is 2.22. The van der Waals surface area contributed by atoms with Gasteiger partial charge in [0.25, 0.3) is 11.6 Å². The summed E-state index contributed by atoms with van der Waals surface area (Å²) in [5.74, 6) is -0.988. The molecular formula is C27H22N4O6. The topological polar surface area (TPSA) is 125 Å². The summed E-state index contributed by atoms with van der Waals surface area (Å²) in [6.07, 6.45) is 3.69. The first-order chi connectivity index (χ1) is 17.9. The summed E-state index contributed by atoms with van der Waals surface area (Å²) in [7, 11) is 1.40. The summed E-state index contributed by atoms with van der Waals surface area (Å²) in [6, 6.07) is 21.1. The lowest BCUT2D eigenvalue weighted by Gasteiger charge is -2.12. The molecule has 1 heterocycles. The van der Waals surface area contributed by atoms with E-state index in [1.165, 1.54) is 37.4 Å². The summed E-state index contributed by atoms with van der Waals surface area (Å²) >= 11 is 0. The van der Waals surface area contributed by atoms with Gasteiger partial charge in [0.15, 0.2) is 11.5 Å². The molecule has 37 heavy (non-hydrogen) atoms. The number of amides is 1. The third kappa shape index (κ3) is 5.54. The van der Waals surface area contributed by atoms with Crippen molar-refractivity contribution in [2.45, 2.75) is 6.92 Å². The fraction of sp³-hybridized carbons (Fsp3) is 0.0741. The van der Waals surface area contributed by atoms with Crippen molar-refractivity contribution in [3.05, 3.63) is 118 Å². The van der Waals surface area contributed by atoms with Gasteiger partial charge < -0.3 is 14.0 Å². The average molecular weight is 498 g/mol. The minimum Gasteiger partial charge on any atom is -0.493 e. The van der Waals surface area contributed by atoms with E-state index in [4.69, 9.17) is 9.47 Å². The number of nitrogens with one attached hydrogen (secondary N) is 1. The van der Waals surface area contributed by atoms with Crippen molar-refractivity contribution in [2.24, 2.45) is 5.10 Å². The van der Waals surface area contributed by atoms with Crippen molar-refractivity contribution in [1.82, 2.24) is 9.99 Å². The van der Waals surface area contributed by atoms with Gasteiger partial charge >= 0.3 is 5.97 Å². The van der Waals surface area contributed by atoms with Gasteiger partial charge in [-0.15, -0.1) is 0 Å². The summed E-state index contributed by atoms with van der Waals surface area (Å²) in [5.41, 5.74) is 4.26. The number of hydrogen-bond acceptors (Lipinski definition) is 7. The zero-order chi connectivity index (χ0) is 26.4. The lowest BCUT2D eigenvalue weighted by atomic mass is 10.1. The molecule has 4 rings (SSSR count). The number of aromatic nitrogens is 1. The molecule has 0 bridgehead atoms. The quantitative estimate of drug-likeness (QED) is 0.123.